The summed E-state index contributed by atoms with van der Waals surface area (Å²) in [6, 6.07) is 2.86. The van der Waals surface area contributed by atoms with E-state index in [1.165, 1.54) is 0 Å². The minimum Gasteiger partial charge on any atom is -0.396 e. The first-order chi connectivity index (χ1) is 6.64. The minimum absolute atomic E-state index is 0.720. The van der Waals surface area contributed by atoms with Crippen LogP contribution in [0.1, 0.15) is 0 Å². The van der Waals surface area contributed by atoms with E-state index in [4.69, 9.17) is 14.8 Å². The van der Waals surface area contributed by atoms with E-state index >= 15 is 0 Å². The summed E-state index contributed by atoms with van der Waals surface area (Å²) < 4.78 is 60.3. The molecule has 84 valence electrons. The Hall–Kier alpha value is -1.16. The van der Waals surface area contributed by atoms with Crippen LogP contribution in [-0.2, 0) is 20.2 Å². The van der Waals surface area contributed by atoms with Gasteiger partial charge in [0.1, 0.15) is 9.79 Å². The summed E-state index contributed by atoms with van der Waals surface area (Å²) in [5, 5.41) is 0. The Balaban J connectivity index is 3.65. The second-order valence-electron chi connectivity index (χ2n) is 2.62. The lowest BCUT2D eigenvalue weighted by atomic mass is 10.3. The average molecular weight is 253 g/mol. The Morgan fingerprint density at radius 2 is 1.27 bits per heavy atom. The van der Waals surface area contributed by atoms with Gasteiger partial charge in [0.25, 0.3) is 20.2 Å². The molecule has 0 saturated heterocycles. The van der Waals surface area contributed by atoms with Crippen molar-refractivity contribution >= 4 is 25.9 Å². The molecule has 0 radical (unpaired) electrons. The lowest BCUT2D eigenvalue weighted by Crippen LogP contribution is -2.09. The third kappa shape index (κ3) is 2.45. The number of nitrogen functional groups attached to an aromatic ring is 1. The molecule has 0 unspecified atom stereocenters. The highest BCUT2D eigenvalue weighted by atomic mass is 32.2. The van der Waals surface area contributed by atoms with Gasteiger partial charge in [-0.05, 0) is 12.1 Å². The number of benzene rings is 1. The van der Waals surface area contributed by atoms with Crippen molar-refractivity contribution < 1.29 is 25.9 Å². The topological polar surface area (TPSA) is 135 Å². The zero-order valence-electron chi connectivity index (χ0n) is 7.15. The first-order valence-electron chi connectivity index (χ1n) is 3.47. The quantitative estimate of drug-likeness (QED) is 0.489. The fourth-order valence-electron chi connectivity index (χ4n) is 0.974. The van der Waals surface area contributed by atoms with Crippen molar-refractivity contribution in [2.75, 3.05) is 5.73 Å². The molecular weight excluding hydrogens is 246 g/mol. The molecule has 0 atom stereocenters. The summed E-state index contributed by atoms with van der Waals surface area (Å²) in [7, 11) is -9.23. The standard InChI is InChI=1S/C6H7NO6S2/c7-6-4(14(8,9)10)2-1-3-5(6)15(11,12)13/h1-3H,7H2,(H,8,9,10)(H,11,12,13). The summed E-state index contributed by atoms with van der Waals surface area (Å²) in [6.45, 7) is 0. The molecule has 0 fully saturated rings. The molecule has 1 aromatic rings. The van der Waals surface area contributed by atoms with Crippen LogP contribution in [0.4, 0.5) is 5.69 Å². The molecular formula is C6H7NO6S2. The lowest BCUT2D eigenvalue weighted by molar-refractivity contribution is 0.482. The van der Waals surface area contributed by atoms with Crippen molar-refractivity contribution in [1.29, 1.82) is 0 Å². The predicted octanol–water partition coefficient (Wildman–Crippen LogP) is -0.238. The second kappa shape index (κ2) is 3.45. The van der Waals surface area contributed by atoms with Crippen molar-refractivity contribution in [3.63, 3.8) is 0 Å². The normalized spacial score (nSPS) is 12.7. The third-order valence-corrected chi connectivity index (χ3v) is 3.41. The zero-order valence-corrected chi connectivity index (χ0v) is 8.79. The van der Waals surface area contributed by atoms with Gasteiger partial charge >= 0.3 is 0 Å². The molecule has 9 heteroatoms. The van der Waals surface area contributed by atoms with Crippen LogP contribution in [0, 0.1) is 0 Å². The number of hydrogen-bond donors (Lipinski definition) is 3. The van der Waals surface area contributed by atoms with E-state index < -0.39 is 35.7 Å². The molecule has 1 rings (SSSR count). The molecule has 0 aliphatic carbocycles. The number of hydrogen-bond acceptors (Lipinski definition) is 5. The maximum atomic E-state index is 10.7. The Kier molecular flexibility index (Phi) is 2.74. The van der Waals surface area contributed by atoms with Crippen LogP contribution >= 0.6 is 0 Å². The fourth-order valence-corrected chi connectivity index (χ4v) is 2.32. The van der Waals surface area contributed by atoms with Crippen LogP contribution in [0.15, 0.2) is 28.0 Å². The van der Waals surface area contributed by atoms with Gasteiger partial charge in [0.15, 0.2) is 0 Å². The van der Waals surface area contributed by atoms with Gasteiger partial charge in [-0.2, -0.15) is 16.8 Å². The molecule has 0 bridgehead atoms. The molecule has 0 aliphatic rings. The van der Waals surface area contributed by atoms with Gasteiger partial charge in [-0.25, -0.2) is 0 Å². The monoisotopic (exact) mass is 253 g/mol. The molecule has 0 heterocycles. The molecule has 0 saturated carbocycles. The van der Waals surface area contributed by atoms with Gasteiger partial charge in [0.05, 0.1) is 5.69 Å². The van der Waals surface area contributed by atoms with Crippen LogP contribution in [0.2, 0.25) is 0 Å². The Morgan fingerprint density at radius 3 is 1.53 bits per heavy atom. The van der Waals surface area contributed by atoms with E-state index in [1.807, 2.05) is 0 Å². The largest absolute Gasteiger partial charge is 0.396 e. The summed E-state index contributed by atoms with van der Waals surface area (Å²) >= 11 is 0. The molecule has 1 aromatic carbocycles. The molecule has 15 heavy (non-hydrogen) atoms. The van der Waals surface area contributed by atoms with E-state index in [0.29, 0.717) is 0 Å². The van der Waals surface area contributed by atoms with Crippen LogP contribution in [-0.4, -0.2) is 25.9 Å². The maximum absolute atomic E-state index is 10.7. The van der Waals surface area contributed by atoms with Crippen LogP contribution in [0.5, 0.6) is 0 Å². The smallest absolute Gasteiger partial charge is 0.296 e. The number of nitrogens with two attached hydrogens (primary N) is 1. The summed E-state index contributed by atoms with van der Waals surface area (Å²) in [4.78, 5) is -1.53. The van der Waals surface area contributed by atoms with Gasteiger partial charge in [-0.3, -0.25) is 9.11 Å². The number of rotatable bonds is 2. The molecule has 0 spiro atoms. The lowest BCUT2D eigenvalue weighted by Gasteiger charge is -2.05. The number of anilines is 1. The van der Waals surface area contributed by atoms with Crippen molar-refractivity contribution in [2.24, 2.45) is 0 Å². The van der Waals surface area contributed by atoms with Crippen LogP contribution < -0.4 is 5.73 Å². The Labute approximate surface area is 86.0 Å². The highest BCUT2D eigenvalue weighted by Gasteiger charge is 2.21. The van der Waals surface area contributed by atoms with Crippen molar-refractivity contribution in [2.45, 2.75) is 9.79 Å². The molecule has 0 amide bonds. The number of para-hydroxylation sites is 1. The van der Waals surface area contributed by atoms with E-state index in [2.05, 4.69) is 0 Å². The van der Waals surface area contributed by atoms with Crippen LogP contribution in [0.3, 0.4) is 0 Å². The molecule has 7 nitrogen and oxygen atoms in total. The zero-order chi connectivity index (χ0) is 11.9. The second-order valence-corrected chi connectivity index (χ2v) is 5.40. The SMILES string of the molecule is Nc1c(S(=O)(=O)O)cccc1S(=O)(=O)O. The van der Waals surface area contributed by atoms with Gasteiger partial charge in [0, 0.05) is 0 Å². The van der Waals surface area contributed by atoms with E-state index in [0.717, 1.165) is 18.2 Å². The van der Waals surface area contributed by atoms with E-state index in [-0.39, 0.29) is 0 Å². The van der Waals surface area contributed by atoms with Gasteiger partial charge < -0.3 is 5.73 Å². The van der Waals surface area contributed by atoms with E-state index in [9.17, 15) is 16.8 Å². The minimum atomic E-state index is -4.62. The van der Waals surface area contributed by atoms with Crippen LogP contribution in [0.25, 0.3) is 0 Å². The first kappa shape index (κ1) is 11.9. The van der Waals surface area contributed by atoms with Gasteiger partial charge in [0.2, 0.25) is 0 Å². The molecule has 0 aliphatic heterocycles. The highest BCUT2D eigenvalue weighted by molar-refractivity contribution is 7.87. The van der Waals surface area contributed by atoms with Crippen molar-refractivity contribution in [1.82, 2.24) is 0 Å². The van der Waals surface area contributed by atoms with Crippen molar-refractivity contribution in [3.05, 3.63) is 18.2 Å². The van der Waals surface area contributed by atoms with Gasteiger partial charge in [-0.1, -0.05) is 6.07 Å². The Morgan fingerprint density at radius 1 is 0.933 bits per heavy atom. The Bertz CT molecular complexity index is 538. The summed E-state index contributed by atoms with van der Waals surface area (Å²) in [5.41, 5.74) is 4.46. The predicted molar refractivity (Wildman–Crippen MR) is 50.5 cm³/mol. The molecule has 4 N–H and O–H groups in total. The third-order valence-electron chi connectivity index (χ3n) is 1.58. The average Bonchev–Trinajstić information content (AvgIpc) is 1.99. The summed E-state index contributed by atoms with van der Waals surface area (Å²) in [6.07, 6.45) is 0. The first-order valence-corrected chi connectivity index (χ1v) is 6.35. The maximum Gasteiger partial charge on any atom is 0.296 e. The van der Waals surface area contributed by atoms with Gasteiger partial charge in [-0.15, -0.1) is 0 Å². The van der Waals surface area contributed by atoms with Crippen molar-refractivity contribution in [3.8, 4) is 0 Å². The van der Waals surface area contributed by atoms with E-state index in [1.54, 1.807) is 0 Å². The summed E-state index contributed by atoms with van der Waals surface area (Å²) in [5.74, 6) is 0. The molecule has 0 aromatic heterocycles. The fraction of sp³-hybridized carbons (Fsp3) is 0. The highest BCUT2D eigenvalue weighted by Crippen LogP contribution is 2.25.